The van der Waals surface area contributed by atoms with E-state index in [1.807, 2.05) is 0 Å². The number of methoxy groups -OCH3 is 1. The van der Waals surface area contributed by atoms with Crippen molar-refractivity contribution in [3.8, 4) is 16.6 Å². The minimum absolute atomic E-state index is 0.391. The topological polar surface area (TPSA) is 45.9 Å². The van der Waals surface area contributed by atoms with Gasteiger partial charge in [-0.1, -0.05) is 29.8 Å². The van der Waals surface area contributed by atoms with E-state index in [0.717, 1.165) is 21.1 Å². The Bertz CT molecular complexity index is 566. The summed E-state index contributed by atoms with van der Waals surface area (Å²) in [6.45, 7) is 2.52. The largest absolute Gasteiger partial charge is 0.378 e. The molecular weight excluding hydrogens is 244 g/mol. The Kier molecular flexibility index (Phi) is 4.08. The van der Waals surface area contributed by atoms with Crippen molar-refractivity contribution in [2.24, 2.45) is 0 Å². The van der Waals surface area contributed by atoms with Gasteiger partial charge in [0.05, 0.1) is 24.8 Å². The van der Waals surface area contributed by atoms with Crippen LogP contribution in [0.25, 0.3) is 10.6 Å². The number of ether oxygens (including phenoxy) is 1. The number of aryl methyl sites for hydroxylation is 1. The molecule has 0 aliphatic heterocycles. The van der Waals surface area contributed by atoms with E-state index in [0.29, 0.717) is 13.0 Å². The number of nitriles is 1. The predicted molar refractivity (Wildman–Crippen MR) is 72.3 cm³/mol. The number of hydrogen-bond acceptors (Lipinski definition) is 4. The molecule has 0 saturated heterocycles. The second-order valence-electron chi connectivity index (χ2n) is 4.02. The molecule has 0 amide bonds. The molecule has 0 bridgehead atoms. The zero-order valence-electron chi connectivity index (χ0n) is 10.4. The molecule has 0 radical (unpaired) electrons. The molecule has 92 valence electrons. The summed E-state index contributed by atoms with van der Waals surface area (Å²) in [5, 5.41) is 9.77. The molecule has 18 heavy (non-hydrogen) atoms. The van der Waals surface area contributed by atoms with Gasteiger partial charge in [-0.05, 0) is 6.92 Å². The summed E-state index contributed by atoms with van der Waals surface area (Å²) >= 11 is 1.57. The van der Waals surface area contributed by atoms with Crippen molar-refractivity contribution in [2.75, 3.05) is 7.11 Å². The lowest BCUT2D eigenvalue weighted by Crippen LogP contribution is -1.92. The fourth-order valence-corrected chi connectivity index (χ4v) is 2.66. The Balaban J connectivity index is 2.36. The maximum absolute atomic E-state index is 8.82. The van der Waals surface area contributed by atoms with Crippen LogP contribution in [0.1, 0.15) is 16.1 Å². The zero-order chi connectivity index (χ0) is 13.0. The van der Waals surface area contributed by atoms with E-state index in [1.165, 1.54) is 5.56 Å². The molecule has 0 saturated carbocycles. The lowest BCUT2D eigenvalue weighted by Gasteiger charge is -1.96. The first-order chi connectivity index (χ1) is 8.74. The molecule has 2 rings (SSSR count). The van der Waals surface area contributed by atoms with Crippen molar-refractivity contribution in [3.63, 3.8) is 0 Å². The summed E-state index contributed by atoms with van der Waals surface area (Å²) < 4.78 is 5.12. The quantitative estimate of drug-likeness (QED) is 0.845. The number of benzene rings is 1. The van der Waals surface area contributed by atoms with Crippen LogP contribution < -0.4 is 0 Å². The van der Waals surface area contributed by atoms with Crippen LogP contribution in [0.4, 0.5) is 0 Å². The van der Waals surface area contributed by atoms with Crippen LogP contribution in [0.5, 0.6) is 0 Å². The van der Waals surface area contributed by atoms with Gasteiger partial charge in [0.15, 0.2) is 0 Å². The van der Waals surface area contributed by atoms with Gasteiger partial charge in [0.2, 0.25) is 0 Å². The fourth-order valence-electron chi connectivity index (χ4n) is 1.66. The van der Waals surface area contributed by atoms with Gasteiger partial charge in [-0.2, -0.15) is 5.26 Å². The third kappa shape index (κ3) is 2.76. The molecule has 1 aromatic heterocycles. The van der Waals surface area contributed by atoms with Crippen LogP contribution >= 0.6 is 11.3 Å². The highest BCUT2D eigenvalue weighted by Crippen LogP contribution is 2.29. The van der Waals surface area contributed by atoms with Gasteiger partial charge in [0, 0.05) is 17.6 Å². The minimum atomic E-state index is 0.391. The third-order valence-corrected chi connectivity index (χ3v) is 3.74. The van der Waals surface area contributed by atoms with E-state index in [1.54, 1.807) is 18.4 Å². The van der Waals surface area contributed by atoms with E-state index in [9.17, 15) is 0 Å². The van der Waals surface area contributed by atoms with Gasteiger partial charge >= 0.3 is 0 Å². The van der Waals surface area contributed by atoms with Crippen LogP contribution in [0.2, 0.25) is 0 Å². The van der Waals surface area contributed by atoms with E-state index in [2.05, 4.69) is 42.2 Å². The highest BCUT2D eigenvalue weighted by Gasteiger charge is 2.12. The highest BCUT2D eigenvalue weighted by molar-refractivity contribution is 7.15. The van der Waals surface area contributed by atoms with Gasteiger partial charge in [-0.25, -0.2) is 4.98 Å². The van der Waals surface area contributed by atoms with Gasteiger partial charge in [-0.15, -0.1) is 11.3 Å². The van der Waals surface area contributed by atoms with E-state index < -0.39 is 0 Å². The molecule has 4 heteroatoms. The summed E-state index contributed by atoms with van der Waals surface area (Å²) in [5.41, 5.74) is 3.19. The summed E-state index contributed by atoms with van der Waals surface area (Å²) in [4.78, 5) is 5.56. The van der Waals surface area contributed by atoms with Crippen molar-refractivity contribution >= 4 is 11.3 Å². The lowest BCUT2D eigenvalue weighted by atomic mass is 10.2. The van der Waals surface area contributed by atoms with Crippen LogP contribution in [0.15, 0.2) is 24.3 Å². The Labute approximate surface area is 111 Å². The normalized spacial score (nSPS) is 10.3. The number of hydrogen-bond donors (Lipinski definition) is 0. The molecule has 0 aliphatic rings. The molecule has 1 aromatic carbocycles. The fraction of sp³-hybridized carbons (Fsp3) is 0.286. The van der Waals surface area contributed by atoms with Crippen LogP contribution in [0.3, 0.4) is 0 Å². The van der Waals surface area contributed by atoms with Crippen molar-refractivity contribution in [1.82, 2.24) is 4.98 Å². The first-order valence-electron chi connectivity index (χ1n) is 5.66. The second kappa shape index (κ2) is 5.76. The summed E-state index contributed by atoms with van der Waals surface area (Å²) in [6, 6.07) is 10.4. The van der Waals surface area contributed by atoms with Crippen molar-refractivity contribution in [1.29, 1.82) is 5.26 Å². The SMILES string of the molecule is COCc1nc(-c2ccc(C)cc2)sc1CC#N. The number of thiazole rings is 1. The monoisotopic (exact) mass is 258 g/mol. The van der Waals surface area contributed by atoms with Gasteiger partial charge < -0.3 is 4.74 Å². The minimum Gasteiger partial charge on any atom is -0.378 e. The molecule has 3 nitrogen and oxygen atoms in total. The van der Waals surface area contributed by atoms with E-state index in [-0.39, 0.29) is 0 Å². The van der Waals surface area contributed by atoms with Crippen molar-refractivity contribution in [2.45, 2.75) is 20.0 Å². The van der Waals surface area contributed by atoms with Crippen LogP contribution in [-0.2, 0) is 17.8 Å². The molecule has 0 N–H and O–H groups in total. The number of nitrogens with zero attached hydrogens (tertiary/aromatic N) is 2. The van der Waals surface area contributed by atoms with Crippen molar-refractivity contribution in [3.05, 3.63) is 40.4 Å². The lowest BCUT2D eigenvalue weighted by molar-refractivity contribution is 0.181. The predicted octanol–water partition coefficient (Wildman–Crippen LogP) is 3.33. The van der Waals surface area contributed by atoms with Gasteiger partial charge in [0.1, 0.15) is 5.01 Å². The molecule has 0 unspecified atom stereocenters. The molecule has 0 spiro atoms. The Morgan fingerprint density at radius 2 is 2.06 bits per heavy atom. The molecule has 1 heterocycles. The van der Waals surface area contributed by atoms with Crippen molar-refractivity contribution < 1.29 is 4.74 Å². The Morgan fingerprint density at radius 1 is 1.33 bits per heavy atom. The van der Waals surface area contributed by atoms with Gasteiger partial charge in [0.25, 0.3) is 0 Å². The molecule has 2 aromatic rings. The molecule has 0 aliphatic carbocycles. The first kappa shape index (κ1) is 12.7. The van der Waals surface area contributed by atoms with Gasteiger partial charge in [-0.3, -0.25) is 0 Å². The summed E-state index contributed by atoms with van der Waals surface area (Å²) in [6.07, 6.45) is 0.391. The average Bonchev–Trinajstić information content (AvgIpc) is 2.75. The van der Waals surface area contributed by atoms with Crippen LogP contribution in [0, 0.1) is 18.3 Å². The number of rotatable bonds is 4. The number of aromatic nitrogens is 1. The summed E-state index contributed by atoms with van der Waals surface area (Å²) in [5.74, 6) is 0. The molecular formula is C14H14N2OS. The third-order valence-electron chi connectivity index (χ3n) is 2.60. The zero-order valence-corrected chi connectivity index (χ0v) is 11.3. The Hall–Kier alpha value is -1.70. The van der Waals surface area contributed by atoms with E-state index >= 15 is 0 Å². The molecule has 0 atom stereocenters. The van der Waals surface area contributed by atoms with E-state index in [4.69, 9.17) is 10.00 Å². The highest BCUT2D eigenvalue weighted by atomic mass is 32.1. The standard InChI is InChI=1S/C14H14N2OS/c1-10-3-5-11(6-4-10)14-16-12(9-17-2)13(18-14)7-8-15/h3-6H,7,9H2,1-2H3. The van der Waals surface area contributed by atoms with Crippen LogP contribution in [-0.4, -0.2) is 12.1 Å². The maximum atomic E-state index is 8.82. The maximum Gasteiger partial charge on any atom is 0.124 e. The smallest absolute Gasteiger partial charge is 0.124 e. The first-order valence-corrected chi connectivity index (χ1v) is 6.47. The Morgan fingerprint density at radius 3 is 2.67 bits per heavy atom. The second-order valence-corrected chi connectivity index (χ2v) is 5.11. The summed E-state index contributed by atoms with van der Waals surface area (Å²) in [7, 11) is 1.64. The average molecular weight is 258 g/mol. The molecule has 0 fully saturated rings.